The zero-order valence-corrected chi connectivity index (χ0v) is 15.9. The van der Waals surface area contributed by atoms with E-state index < -0.39 is 40.7 Å². The Hall–Kier alpha value is -2.29. The van der Waals surface area contributed by atoms with Gasteiger partial charge in [0.1, 0.15) is 29.3 Å². The number of sulfonamides is 1. The minimum absolute atomic E-state index is 0.0164. The van der Waals surface area contributed by atoms with Crippen molar-refractivity contribution in [1.29, 1.82) is 5.26 Å². The van der Waals surface area contributed by atoms with Crippen molar-refractivity contribution in [1.82, 2.24) is 9.29 Å². The van der Waals surface area contributed by atoms with Crippen LogP contribution in [0.3, 0.4) is 0 Å². The third kappa shape index (κ3) is 3.80. The molecule has 0 aliphatic carbocycles. The Morgan fingerprint density at radius 1 is 1.43 bits per heavy atom. The molecule has 0 saturated carbocycles. The first kappa shape index (κ1) is 20.4. The predicted molar refractivity (Wildman–Crippen MR) is 95.6 cm³/mol. The summed E-state index contributed by atoms with van der Waals surface area (Å²) >= 11 is 5.72. The number of ether oxygens (including phenoxy) is 1. The second-order valence-corrected chi connectivity index (χ2v) is 8.56. The number of nitriles is 1. The third-order valence-electron chi connectivity index (χ3n) is 4.34. The van der Waals surface area contributed by atoms with Crippen LogP contribution in [0.25, 0.3) is 0 Å². The minimum atomic E-state index is -4.09. The molecule has 0 spiro atoms. The van der Waals surface area contributed by atoms with E-state index in [1.807, 2.05) is 0 Å². The van der Waals surface area contributed by atoms with Gasteiger partial charge in [-0.15, -0.1) is 0 Å². The standard InChI is InChI=1S/C17H15ClFN3O5S/c18-12-2-4-16(21-7-12)28(25,26)22-8-15(17(24,9-22)10-23)27-13-3-1-11(6-20)14(19)5-13/h1-5,7,15,23-24H,8-10H2/t15-,17+/m0/s1. The molecule has 1 aliphatic rings. The molecule has 2 aromatic rings. The van der Waals surface area contributed by atoms with E-state index in [2.05, 4.69) is 4.98 Å². The SMILES string of the molecule is N#Cc1ccc(O[C@H]2CN(S(=O)(=O)c3ccc(Cl)cn3)C[C@@]2(O)CO)cc1F. The fourth-order valence-electron chi connectivity index (χ4n) is 2.78. The fourth-order valence-corrected chi connectivity index (χ4v) is 4.31. The lowest BCUT2D eigenvalue weighted by atomic mass is 10.0. The number of aliphatic hydroxyl groups is 2. The minimum Gasteiger partial charge on any atom is -0.486 e. The van der Waals surface area contributed by atoms with Gasteiger partial charge in [0.05, 0.1) is 23.7 Å². The van der Waals surface area contributed by atoms with Crippen LogP contribution in [0.4, 0.5) is 4.39 Å². The van der Waals surface area contributed by atoms with E-state index in [9.17, 15) is 23.0 Å². The largest absolute Gasteiger partial charge is 0.486 e. The summed E-state index contributed by atoms with van der Waals surface area (Å²) in [5.74, 6) is -0.836. The molecule has 2 heterocycles. The molecule has 0 radical (unpaired) electrons. The summed E-state index contributed by atoms with van der Waals surface area (Å²) in [6.45, 7) is -1.53. The highest BCUT2D eigenvalue weighted by molar-refractivity contribution is 7.89. The molecule has 148 valence electrons. The number of hydrogen-bond donors (Lipinski definition) is 2. The van der Waals surface area contributed by atoms with Crippen molar-refractivity contribution in [3.63, 3.8) is 0 Å². The molecule has 28 heavy (non-hydrogen) atoms. The highest BCUT2D eigenvalue weighted by Gasteiger charge is 2.51. The highest BCUT2D eigenvalue weighted by atomic mass is 35.5. The highest BCUT2D eigenvalue weighted by Crippen LogP contribution is 2.31. The summed E-state index contributed by atoms with van der Waals surface area (Å²) in [5, 5.41) is 29.0. The van der Waals surface area contributed by atoms with Gasteiger partial charge in [0.25, 0.3) is 10.0 Å². The van der Waals surface area contributed by atoms with Crippen molar-refractivity contribution in [3.8, 4) is 11.8 Å². The van der Waals surface area contributed by atoms with Crippen LogP contribution < -0.4 is 4.74 Å². The van der Waals surface area contributed by atoms with E-state index >= 15 is 0 Å². The molecule has 1 aromatic carbocycles. The van der Waals surface area contributed by atoms with E-state index in [1.54, 1.807) is 6.07 Å². The molecule has 1 fully saturated rings. The summed E-state index contributed by atoms with van der Waals surface area (Å²) in [4.78, 5) is 3.78. The van der Waals surface area contributed by atoms with E-state index in [0.717, 1.165) is 10.4 Å². The van der Waals surface area contributed by atoms with Gasteiger partial charge in [-0.1, -0.05) is 11.6 Å². The van der Waals surface area contributed by atoms with Crippen LogP contribution in [0.2, 0.25) is 5.02 Å². The molecule has 2 N–H and O–H groups in total. The molecule has 0 bridgehead atoms. The summed E-state index contributed by atoms with van der Waals surface area (Å²) in [7, 11) is -4.09. The Morgan fingerprint density at radius 3 is 2.75 bits per heavy atom. The monoisotopic (exact) mass is 427 g/mol. The Kier molecular flexibility index (Phi) is 5.56. The van der Waals surface area contributed by atoms with Crippen molar-refractivity contribution in [3.05, 3.63) is 52.9 Å². The number of pyridine rings is 1. The summed E-state index contributed by atoms with van der Waals surface area (Å²) in [6.07, 6.45) is 0.00269. The van der Waals surface area contributed by atoms with E-state index in [1.165, 1.54) is 30.5 Å². The first-order valence-electron chi connectivity index (χ1n) is 8.01. The molecule has 8 nitrogen and oxygen atoms in total. The van der Waals surface area contributed by atoms with Gasteiger partial charge < -0.3 is 14.9 Å². The first-order chi connectivity index (χ1) is 13.2. The Bertz CT molecular complexity index is 1030. The molecule has 0 amide bonds. The zero-order valence-electron chi connectivity index (χ0n) is 14.3. The number of halogens is 2. The number of hydrogen-bond acceptors (Lipinski definition) is 7. The van der Waals surface area contributed by atoms with Gasteiger partial charge >= 0.3 is 0 Å². The van der Waals surface area contributed by atoms with Gasteiger partial charge in [0, 0.05) is 18.8 Å². The molecule has 0 unspecified atom stereocenters. The van der Waals surface area contributed by atoms with Crippen LogP contribution in [-0.2, 0) is 10.0 Å². The summed E-state index contributed by atoms with van der Waals surface area (Å²) in [6, 6.07) is 7.72. The second-order valence-electron chi connectivity index (χ2n) is 6.23. The topological polar surface area (TPSA) is 124 Å². The molecule has 11 heteroatoms. The molecule has 3 rings (SSSR count). The number of rotatable bonds is 5. The lowest BCUT2D eigenvalue weighted by Crippen LogP contribution is -2.48. The van der Waals surface area contributed by atoms with E-state index in [-0.39, 0.29) is 27.9 Å². The molecule has 1 aromatic heterocycles. The molecule has 2 atom stereocenters. The van der Waals surface area contributed by atoms with Crippen LogP contribution in [0.1, 0.15) is 5.56 Å². The van der Waals surface area contributed by atoms with Crippen LogP contribution in [0.15, 0.2) is 41.6 Å². The second kappa shape index (κ2) is 7.62. The lowest BCUT2D eigenvalue weighted by molar-refractivity contribution is -0.0641. The average molecular weight is 428 g/mol. The Morgan fingerprint density at radius 2 is 2.18 bits per heavy atom. The van der Waals surface area contributed by atoms with Crippen molar-refractivity contribution in [2.24, 2.45) is 0 Å². The van der Waals surface area contributed by atoms with Crippen molar-refractivity contribution < 1.29 is 27.8 Å². The molecule has 1 aliphatic heterocycles. The first-order valence-corrected chi connectivity index (χ1v) is 9.82. The van der Waals surface area contributed by atoms with Crippen molar-refractivity contribution in [2.45, 2.75) is 16.7 Å². The predicted octanol–water partition coefficient (Wildman–Crippen LogP) is 0.921. The zero-order chi connectivity index (χ0) is 20.5. The lowest BCUT2D eigenvalue weighted by Gasteiger charge is -2.27. The van der Waals surface area contributed by atoms with Crippen molar-refractivity contribution in [2.75, 3.05) is 19.7 Å². The molecular weight excluding hydrogens is 413 g/mol. The molecular formula is C17H15ClFN3O5S. The Labute approximate surface area is 165 Å². The van der Waals surface area contributed by atoms with Crippen LogP contribution in [-0.4, -0.2) is 59.3 Å². The summed E-state index contributed by atoms with van der Waals surface area (Å²) < 4.78 is 45.8. The normalized spacial score (nSPS) is 22.8. The number of benzene rings is 1. The fraction of sp³-hybridized carbons (Fsp3) is 0.294. The maximum Gasteiger partial charge on any atom is 0.260 e. The van der Waals surface area contributed by atoms with Gasteiger partial charge in [0.15, 0.2) is 5.03 Å². The number of β-amino-alcohol motifs (C(OH)–C–C–N with tert-alkyl or cyclic N) is 1. The number of aromatic nitrogens is 1. The number of aliphatic hydroxyl groups excluding tert-OH is 1. The van der Waals surface area contributed by atoms with Crippen molar-refractivity contribution >= 4 is 21.6 Å². The van der Waals surface area contributed by atoms with Gasteiger partial charge in [-0.3, -0.25) is 0 Å². The number of nitrogens with zero attached hydrogens (tertiary/aromatic N) is 3. The van der Waals surface area contributed by atoms with Gasteiger partial charge in [-0.2, -0.15) is 9.57 Å². The van der Waals surface area contributed by atoms with Crippen LogP contribution in [0, 0.1) is 17.1 Å². The van der Waals surface area contributed by atoms with Crippen LogP contribution in [0.5, 0.6) is 5.75 Å². The third-order valence-corrected chi connectivity index (χ3v) is 6.29. The maximum absolute atomic E-state index is 13.8. The van der Waals surface area contributed by atoms with E-state index in [0.29, 0.717) is 0 Å². The molecule has 1 saturated heterocycles. The summed E-state index contributed by atoms with van der Waals surface area (Å²) in [5.41, 5.74) is -2.10. The maximum atomic E-state index is 13.8. The Balaban J connectivity index is 1.86. The smallest absolute Gasteiger partial charge is 0.260 e. The van der Waals surface area contributed by atoms with Gasteiger partial charge in [-0.25, -0.2) is 17.8 Å². The van der Waals surface area contributed by atoms with Gasteiger partial charge in [0.2, 0.25) is 0 Å². The van der Waals surface area contributed by atoms with Crippen LogP contribution >= 0.6 is 11.6 Å². The average Bonchev–Trinajstić information content (AvgIpc) is 3.00. The quantitative estimate of drug-likeness (QED) is 0.727. The van der Waals surface area contributed by atoms with E-state index in [4.69, 9.17) is 21.6 Å². The van der Waals surface area contributed by atoms with Gasteiger partial charge in [-0.05, 0) is 24.3 Å².